The molecular formula is C27H29N7. The van der Waals surface area contributed by atoms with Crippen LogP contribution in [0.1, 0.15) is 35.4 Å². The van der Waals surface area contributed by atoms with Gasteiger partial charge in [0.1, 0.15) is 11.6 Å². The Morgan fingerprint density at radius 3 is 2.68 bits per heavy atom. The van der Waals surface area contributed by atoms with Gasteiger partial charge in [-0.1, -0.05) is 12.1 Å². The van der Waals surface area contributed by atoms with Gasteiger partial charge in [-0.15, -0.1) is 0 Å². The van der Waals surface area contributed by atoms with Crippen LogP contribution < -0.4 is 15.5 Å². The molecule has 6 rings (SSSR count). The number of piperazine rings is 1. The lowest BCUT2D eigenvalue weighted by Gasteiger charge is -2.30. The molecule has 0 amide bonds. The van der Waals surface area contributed by atoms with Gasteiger partial charge in [-0.05, 0) is 67.5 Å². The number of rotatable bonds is 5. The number of anilines is 3. The predicted molar refractivity (Wildman–Crippen MR) is 137 cm³/mol. The van der Waals surface area contributed by atoms with Crippen molar-refractivity contribution >= 4 is 28.2 Å². The van der Waals surface area contributed by atoms with Crippen LogP contribution in [0.15, 0.2) is 48.9 Å². The Morgan fingerprint density at radius 2 is 1.85 bits per heavy atom. The number of hydrogen-bond acceptors (Lipinski definition) is 7. The van der Waals surface area contributed by atoms with Crippen LogP contribution in [0.5, 0.6) is 0 Å². The Labute approximate surface area is 199 Å². The number of aryl methyl sites for hydroxylation is 2. The van der Waals surface area contributed by atoms with E-state index in [2.05, 4.69) is 57.5 Å². The van der Waals surface area contributed by atoms with Gasteiger partial charge in [-0.2, -0.15) is 0 Å². The number of nitrogens with one attached hydrogen (secondary N) is 2. The van der Waals surface area contributed by atoms with Crippen molar-refractivity contribution < 1.29 is 0 Å². The molecule has 0 unspecified atom stereocenters. The number of pyridine rings is 2. The van der Waals surface area contributed by atoms with Crippen LogP contribution in [0.4, 0.5) is 17.3 Å². The van der Waals surface area contributed by atoms with Gasteiger partial charge in [0.2, 0.25) is 0 Å². The molecule has 1 aromatic carbocycles. The van der Waals surface area contributed by atoms with E-state index in [1.807, 2.05) is 30.7 Å². The Balaban J connectivity index is 1.44. The molecule has 3 aromatic heterocycles. The van der Waals surface area contributed by atoms with Crippen molar-refractivity contribution in [2.75, 3.05) is 36.4 Å². The minimum atomic E-state index is 0.585. The summed E-state index contributed by atoms with van der Waals surface area (Å²) in [6.45, 7) is 8.00. The van der Waals surface area contributed by atoms with E-state index < -0.39 is 0 Å². The summed E-state index contributed by atoms with van der Waals surface area (Å²) in [7, 11) is 0. The topological polar surface area (TPSA) is 78.9 Å². The lowest BCUT2D eigenvalue weighted by molar-refractivity contribution is 0.586. The van der Waals surface area contributed by atoms with Crippen LogP contribution in [0, 0.1) is 13.8 Å². The van der Waals surface area contributed by atoms with Gasteiger partial charge >= 0.3 is 0 Å². The first-order chi connectivity index (χ1) is 16.7. The van der Waals surface area contributed by atoms with E-state index in [0.29, 0.717) is 11.7 Å². The average molecular weight is 452 g/mol. The smallest absolute Gasteiger partial charge is 0.162 e. The fourth-order valence-electron chi connectivity index (χ4n) is 4.67. The van der Waals surface area contributed by atoms with E-state index in [-0.39, 0.29) is 0 Å². The van der Waals surface area contributed by atoms with Gasteiger partial charge in [0.25, 0.3) is 0 Å². The fraction of sp³-hybridized carbons (Fsp3) is 0.333. The molecule has 0 bridgehead atoms. The molecule has 4 heterocycles. The molecule has 4 aromatic rings. The van der Waals surface area contributed by atoms with Crippen molar-refractivity contribution in [3.63, 3.8) is 0 Å². The second kappa shape index (κ2) is 8.65. The molecule has 1 aliphatic carbocycles. The number of fused-ring (bicyclic) bond motifs is 1. The highest BCUT2D eigenvalue weighted by Gasteiger charge is 2.29. The van der Waals surface area contributed by atoms with Gasteiger partial charge in [0.15, 0.2) is 5.82 Å². The largest absolute Gasteiger partial charge is 0.353 e. The summed E-state index contributed by atoms with van der Waals surface area (Å²) in [5.41, 5.74) is 6.61. The predicted octanol–water partition coefficient (Wildman–Crippen LogP) is 4.73. The molecule has 7 heteroatoms. The Bertz CT molecular complexity index is 1360. The Kier molecular flexibility index (Phi) is 5.34. The van der Waals surface area contributed by atoms with Gasteiger partial charge in [0.05, 0.1) is 11.7 Å². The lowest BCUT2D eigenvalue weighted by Crippen LogP contribution is -2.44. The maximum Gasteiger partial charge on any atom is 0.162 e. The Morgan fingerprint density at radius 1 is 1.00 bits per heavy atom. The molecule has 0 spiro atoms. The summed E-state index contributed by atoms with van der Waals surface area (Å²) in [6, 6.07) is 10.4. The first kappa shape index (κ1) is 21.0. The van der Waals surface area contributed by atoms with Crippen LogP contribution in [-0.2, 0) is 0 Å². The molecule has 0 atom stereocenters. The molecule has 0 radical (unpaired) electrons. The molecule has 1 saturated heterocycles. The van der Waals surface area contributed by atoms with E-state index in [1.54, 1.807) is 0 Å². The molecule has 2 N–H and O–H groups in total. The second-order valence-electron chi connectivity index (χ2n) is 9.38. The normalized spacial score (nSPS) is 16.1. The number of nitrogens with zero attached hydrogens (tertiary/aromatic N) is 5. The van der Waals surface area contributed by atoms with Crippen LogP contribution in [0.25, 0.3) is 22.3 Å². The van der Waals surface area contributed by atoms with Crippen molar-refractivity contribution in [1.82, 2.24) is 25.3 Å². The number of aromatic nitrogens is 4. The summed E-state index contributed by atoms with van der Waals surface area (Å²) >= 11 is 0. The molecule has 1 saturated carbocycles. The highest BCUT2D eigenvalue weighted by atomic mass is 15.2. The van der Waals surface area contributed by atoms with Gasteiger partial charge < -0.3 is 15.5 Å². The highest BCUT2D eigenvalue weighted by Crippen LogP contribution is 2.44. The van der Waals surface area contributed by atoms with Crippen molar-refractivity contribution in [3.8, 4) is 11.4 Å². The third-order valence-corrected chi connectivity index (χ3v) is 6.72. The molecular weight excluding hydrogens is 422 g/mol. The molecule has 172 valence electrons. The molecule has 2 aliphatic rings. The summed E-state index contributed by atoms with van der Waals surface area (Å²) in [4.78, 5) is 21.6. The quantitative estimate of drug-likeness (QED) is 0.454. The summed E-state index contributed by atoms with van der Waals surface area (Å²) in [5.74, 6) is 3.11. The molecule has 7 nitrogen and oxygen atoms in total. The average Bonchev–Trinajstić information content (AvgIpc) is 3.71. The van der Waals surface area contributed by atoms with Crippen LogP contribution in [-0.4, -0.2) is 46.1 Å². The monoisotopic (exact) mass is 451 g/mol. The third kappa shape index (κ3) is 4.07. The van der Waals surface area contributed by atoms with Crippen molar-refractivity contribution in [2.24, 2.45) is 0 Å². The van der Waals surface area contributed by atoms with Crippen molar-refractivity contribution in [3.05, 3.63) is 65.6 Å². The van der Waals surface area contributed by atoms with Gasteiger partial charge in [0, 0.05) is 55.2 Å². The van der Waals surface area contributed by atoms with Crippen LogP contribution in [0.3, 0.4) is 0 Å². The summed E-state index contributed by atoms with van der Waals surface area (Å²) < 4.78 is 0. The van der Waals surface area contributed by atoms with E-state index in [9.17, 15) is 0 Å². The van der Waals surface area contributed by atoms with E-state index in [0.717, 1.165) is 54.6 Å². The standard InChI is InChI=1S/C27H29N7/c1-17-3-4-18(2)22(13-17)31-24-14-20(7-8-30-24)26-32-23-16-29-15-21(19-5-6-19)25(23)27(33-26)34-11-9-28-10-12-34/h3-4,7-8,13-16,19,28H,5-6,9-12H2,1-2H3,(H,30,31). The first-order valence-electron chi connectivity index (χ1n) is 12.1. The van der Waals surface area contributed by atoms with E-state index in [1.165, 1.54) is 34.9 Å². The maximum absolute atomic E-state index is 5.15. The van der Waals surface area contributed by atoms with Crippen molar-refractivity contribution in [2.45, 2.75) is 32.6 Å². The van der Waals surface area contributed by atoms with Crippen LogP contribution >= 0.6 is 0 Å². The SMILES string of the molecule is Cc1ccc(C)c(Nc2cc(-c3nc(N4CCNCC4)c4c(C5CC5)cncc4n3)ccn2)c1. The maximum atomic E-state index is 5.15. The number of hydrogen-bond donors (Lipinski definition) is 2. The van der Waals surface area contributed by atoms with Crippen LogP contribution in [0.2, 0.25) is 0 Å². The molecule has 1 aliphatic heterocycles. The minimum absolute atomic E-state index is 0.585. The minimum Gasteiger partial charge on any atom is -0.353 e. The van der Waals surface area contributed by atoms with Gasteiger partial charge in [-0.3, -0.25) is 4.98 Å². The first-order valence-corrected chi connectivity index (χ1v) is 12.1. The van der Waals surface area contributed by atoms with Crippen molar-refractivity contribution in [1.29, 1.82) is 0 Å². The zero-order valence-corrected chi connectivity index (χ0v) is 19.7. The Hall–Kier alpha value is -3.58. The fourth-order valence-corrected chi connectivity index (χ4v) is 4.67. The number of benzene rings is 1. The molecule has 2 fully saturated rings. The van der Waals surface area contributed by atoms with E-state index >= 15 is 0 Å². The highest BCUT2D eigenvalue weighted by molar-refractivity contribution is 5.94. The van der Waals surface area contributed by atoms with E-state index in [4.69, 9.17) is 9.97 Å². The summed E-state index contributed by atoms with van der Waals surface area (Å²) in [6.07, 6.45) is 8.17. The lowest BCUT2D eigenvalue weighted by atomic mass is 10.1. The third-order valence-electron chi connectivity index (χ3n) is 6.72. The zero-order valence-electron chi connectivity index (χ0n) is 19.7. The zero-order chi connectivity index (χ0) is 23.1. The van der Waals surface area contributed by atoms with Gasteiger partial charge in [-0.25, -0.2) is 15.0 Å². The summed E-state index contributed by atoms with van der Waals surface area (Å²) in [5, 5.41) is 8.10. The molecule has 34 heavy (non-hydrogen) atoms. The second-order valence-corrected chi connectivity index (χ2v) is 9.38.